The van der Waals surface area contributed by atoms with E-state index in [0.29, 0.717) is 28.2 Å². The van der Waals surface area contributed by atoms with Gasteiger partial charge in [-0.05, 0) is 19.1 Å². The molecule has 1 atom stereocenters. The van der Waals surface area contributed by atoms with Crippen molar-refractivity contribution in [3.8, 4) is 23.0 Å². The topological polar surface area (TPSA) is 77.7 Å². The van der Waals surface area contributed by atoms with Gasteiger partial charge in [-0.15, -0.1) is 10.2 Å². The average Bonchev–Trinajstić information content (AvgIpc) is 3.01. The standard InChI is InChI=1S/C15H19N3O4S/c1-9(14(19)18(2)3)23-15-17-16-13(22-15)10-6-11(20-4)8-12(7-10)21-5/h6-9H,1-5H3/t9-/m1/s1. The van der Waals surface area contributed by atoms with E-state index >= 15 is 0 Å². The first kappa shape index (κ1) is 17.1. The molecule has 23 heavy (non-hydrogen) atoms. The molecular formula is C15H19N3O4S. The molecule has 0 bridgehead atoms. The fourth-order valence-corrected chi connectivity index (χ4v) is 2.70. The number of amides is 1. The van der Waals surface area contributed by atoms with Crippen LogP contribution < -0.4 is 9.47 Å². The second-order valence-corrected chi connectivity index (χ2v) is 6.26. The Bertz CT molecular complexity index is 665. The van der Waals surface area contributed by atoms with Crippen molar-refractivity contribution in [2.45, 2.75) is 17.4 Å². The highest BCUT2D eigenvalue weighted by Crippen LogP contribution is 2.31. The molecule has 7 nitrogen and oxygen atoms in total. The Hall–Kier alpha value is -2.22. The Labute approximate surface area is 139 Å². The number of methoxy groups -OCH3 is 2. The van der Waals surface area contributed by atoms with E-state index in [0.717, 1.165) is 0 Å². The van der Waals surface area contributed by atoms with Gasteiger partial charge in [-0.25, -0.2) is 0 Å². The number of carbonyl (C=O) groups excluding carboxylic acids is 1. The highest BCUT2D eigenvalue weighted by molar-refractivity contribution is 8.00. The minimum Gasteiger partial charge on any atom is -0.497 e. The molecule has 0 saturated carbocycles. The molecule has 0 saturated heterocycles. The Morgan fingerprint density at radius 1 is 1.17 bits per heavy atom. The van der Waals surface area contributed by atoms with Crippen molar-refractivity contribution in [3.05, 3.63) is 18.2 Å². The van der Waals surface area contributed by atoms with Gasteiger partial charge in [-0.3, -0.25) is 4.79 Å². The lowest BCUT2D eigenvalue weighted by atomic mass is 10.2. The van der Waals surface area contributed by atoms with E-state index in [1.54, 1.807) is 53.4 Å². The number of carbonyl (C=O) groups is 1. The lowest BCUT2D eigenvalue weighted by Gasteiger charge is -2.14. The summed E-state index contributed by atoms with van der Waals surface area (Å²) in [6, 6.07) is 5.31. The lowest BCUT2D eigenvalue weighted by Crippen LogP contribution is -2.29. The molecule has 1 heterocycles. The van der Waals surface area contributed by atoms with Gasteiger partial charge >= 0.3 is 0 Å². The van der Waals surface area contributed by atoms with Crippen LogP contribution in [-0.4, -0.2) is 54.6 Å². The van der Waals surface area contributed by atoms with Crippen molar-refractivity contribution in [3.63, 3.8) is 0 Å². The molecule has 0 radical (unpaired) electrons. The van der Waals surface area contributed by atoms with E-state index in [4.69, 9.17) is 13.9 Å². The van der Waals surface area contributed by atoms with Crippen LogP contribution >= 0.6 is 11.8 Å². The summed E-state index contributed by atoms with van der Waals surface area (Å²) >= 11 is 1.22. The number of hydrogen-bond donors (Lipinski definition) is 0. The Morgan fingerprint density at radius 3 is 2.30 bits per heavy atom. The Morgan fingerprint density at radius 2 is 1.78 bits per heavy atom. The molecule has 1 amide bonds. The number of aromatic nitrogens is 2. The maximum atomic E-state index is 11.9. The second-order valence-electron chi connectivity index (χ2n) is 4.97. The summed E-state index contributed by atoms with van der Waals surface area (Å²) in [7, 11) is 6.56. The van der Waals surface area contributed by atoms with Gasteiger partial charge in [0.25, 0.3) is 5.22 Å². The van der Waals surface area contributed by atoms with Crippen LogP contribution in [0.3, 0.4) is 0 Å². The summed E-state index contributed by atoms with van der Waals surface area (Å²) in [6.45, 7) is 1.80. The van der Waals surface area contributed by atoms with Gasteiger partial charge < -0.3 is 18.8 Å². The molecule has 0 fully saturated rings. The third kappa shape index (κ3) is 4.16. The van der Waals surface area contributed by atoms with Crippen molar-refractivity contribution in [2.75, 3.05) is 28.3 Å². The smallest absolute Gasteiger partial charge is 0.277 e. The lowest BCUT2D eigenvalue weighted by molar-refractivity contribution is -0.127. The monoisotopic (exact) mass is 337 g/mol. The van der Waals surface area contributed by atoms with E-state index in [1.807, 2.05) is 0 Å². The van der Waals surface area contributed by atoms with Crippen molar-refractivity contribution in [1.29, 1.82) is 0 Å². The third-order valence-electron chi connectivity index (χ3n) is 3.07. The van der Waals surface area contributed by atoms with E-state index < -0.39 is 0 Å². The summed E-state index contributed by atoms with van der Waals surface area (Å²) in [5.74, 6) is 1.58. The van der Waals surface area contributed by atoms with Crippen LogP contribution in [0.2, 0.25) is 0 Å². The fraction of sp³-hybridized carbons (Fsp3) is 0.400. The largest absolute Gasteiger partial charge is 0.497 e. The highest BCUT2D eigenvalue weighted by atomic mass is 32.2. The summed E-state index contributed by atoms with van der Waals surface area (Å²) in [5.41, 5.74) is 0.687. The van der Waals surface area contributed by atoms with Gasteiger partial charge in [0, 0.05) is 25.7 Å². The number of hydrogen-bond acceptors (Lipinski definition) is 7. The van der Waals surface area contributed by atoms with E-state index in [-0.39, 0.29) is 11.2 Å². The zero-order valence-electron chi connectivity index (χ0n) is 13.7. The molecule has 0 aliphatic carbocycles. The van der Waals surface area contributed by atoms with E-state index in [1.165, 1.54) is 16.7 Å². The molecule has 1 aromatic carbocycles. The summed E-state index contributed by atoms with van der Waals surface area (Å²) in [5, 5.41) is 8.03. The SMILES string of the molecule is COc1cc(OC)cc(-c2nnc(S[C@H](C)C(=O)N(C)C)o2)c1. The van der Waals surface area contributed by atoms with Gasteiger partial charge in [0.15, 0.2) is 0 Å². The molecule has 2 rings (SSSR count). The molecule has 0 N–H and O–H groups in total. The summed E-state index contributed by atoms with van der Waals surface area (Å²) < 4.78 is 16.1. The van der Waals surface area contributed by atoms with Crippen LogP contribution in [-0.2, 0) is 4.79 Å². The molecule has 8 heteroatoms. The van der Waals surface area contributed by atoms with Crippen molar-refractivity contribution >= 4 is 17.7 Å². The predicted molar refractivity (Wildman–Crippen MR) is 86.9 cm³/mol. The maximum Gasteiger partial charge on any atom is 0.277 e. The van der Waals surface area contributed by atoms with Gasteiger partial charge in [0.1, 0.15) is 11.5 Å². The van der Waals surface area contributed by atoms with Gasteiger partial charge in [0.05, 0.1) is 19.5 Å². The summed E-state index contributed by atoms with van der Waals surface area (Å²) in [4.78, 5) is 13.4. The van der Waals surface area contributed by atoms with Crippen LogP contribution in [0, 0.1) is 0 Å². The molecule has 1 aromatic heterocycles. The van der Waals surface area contributed by atoms with Crippen LogP contribution in [0.4, 0.5) is 0 Å². The number of benzene rings is 1. The quantitative estimate of drug-likeness (QED) is 0.749. The molecule has 2 aromatic rings. The van der Waals surface area contributed by atoms with Crippen molar-refractivity contribution in [2.24, 2.45) is 0 Å². The molecule has 0 unspecified atom stereocenters. The zero-order valence-corrected chi connectivity index (χ0v) is 14.5. The maximum absolute atomic E-state index is 11.9. The molecular weight excluding hydrogens is 318 g/mol. The first-order valence-corrected chi connectivity index (χ1v) is 7.77. The molecule has 124 valence electrons. The van der Waals surface area contributed by atoms with Crippen LogP contribution in [0.1, 0.15) is 6.92 Å². The van der Waals surface area contributed by atoms with Crippen molar-refractivity contribution < 1.29 is 18.7 Å². The molecule has 0 aliphatic rings. The Kier molecular flexibility index (Phi) is 5.49. The number of nitrogens with zero attached hydrogens (tertiary/aromatic N) is 3. The predicted octanol–water partition coefficient (Wildman–Crippen LogP) is 2.32. The minimum atomic E-state index is -0.307. The van der Waals surface area contributed by atoms with Crippen molar-refractivity contribution in [1.82, 2.24) is 15.1 Å². The third-order valence-corrected chi connectivity index (χ3v) is 3.99. The first-order chi connectivity index (χ1) is 10.9. The first-order valence-electron chi connectivity index (χ1n) is 6.89. The van der Waals surface area contributed by atoms with Crippen LogP contribution in [0.5, 0.6) is 11.5 Å². The summed E-state index contributed by atoms with van der Waals surface area (Å²) in [6.07, 6.45) is 0. The molecule has 0 aliphatic heterocycles. The number of ether oxygens (including phenoxy) is 2. The van der Waals surface area contributed by atoms with E-state index in [2.05, 4.69) is 10.2 Å². The fourth-order valence-electron chi connectivity index (χ4n) is 1.87. The van der Waals surface area contributed by atoms with E-state index in [9.17, 15) is 4.79 Å². The van der Waals surface area contributed by atoms with Gasteiger partial charge in [-0.1, -0.05) is 11.8 Å². The van der Waals surface area contributed by atoms with Gasteiger partial charge in [0.2, 0.25) is 11.8 Å². The Balaban J connectivity index is 2.20. The number of rotatable bonds is 6. The average molecular weight is 337 g/mol. The highest BCUT2D eigenvalue weighted by Gasteiger charge is 2.20. The number of thioether (sulfide) groups is 1. The minimum absolute atomic E-state index is 0.0159. The van der Waals surface area contributed by atoms with Crippen LogP contribution in [0.25, 0.3) is 11.5 Å². The van der Waals surface area contributed by atoms with Crippen LogP contribution in [0.15, 0.2) is 27.8 Å². The second kappa shape index (κ2) is 7.36. The molecule has 0 spiro atoms. The zero-order chi connectivity index (χ0) is 17.0. The normalized spacial score (nSPS) is 11.9. The van der Waals surface area contributed by atoms with Gasteiger partial charge in [-0.2, -0.15) is 0 Å².